The van der Waals surface area contributed by atoms with E-state index < -0.39 is 11.6 Å². The molecule has 1 aliphatic rings. The fourth-order valence-electron chi connectivity index (χ4n) is 3.12. The van der Waals surface area contributed by atoms with E-state index in [9.17, 15) is 8.78 Å². The Kier molecular flexibility index (Phi) is 4.88. The van der Waals surface area contributed by atoms with E-state index in [0.717, 1.165) is 25.8 Å². The van der Waals surface area contributed by atoms with Crippen LogP contribution in [0.5, 0.6) is 0 Å². The largest absolute Gasteiger partial charge is 0.330 e. The van der Waals surface area contributed by atoms with Gasteiger partial charge < -0.3 is 5.73 Å². The van der Waals surface area contributed by atoms with Gasteiger partial charge in [-0.15, -0.1) is 0 Å². The van der Waals surface area contributed by atoms with Crippen LogP contribution in [0.3, 0.4) is 0 Å². The van der Waals surface area contributed by atoms with Crippen LogP contribution in [0.15, 0.2) is 18.2 Å². The van der Waals surface area contributed by atoms with Crippen molar-refractivity contribution in [2.24, 2.45) is 11.7 Å². The number of rotatable bonds is 5. The van der Waals surface area contributed by atoms with Crippen LogP contribution in [0, 0.1) is 17.6 Å². The molecule has 0 bridgehead atoms. The van der Waals surface area contributed by atoms with E-state index in [1.807, 2.05) is 6.92 Å². The summed E-state index contributed by atoms with van der Waals surface area (Å²) in [6.07, 6.45) is 3.35. The van der Waals surface area contributed by atoms with Crippen LogP contribution < -0.4 is 5.73 Å². The molecule has 2 atom stereocenters. The van der Waals surface area contributed by atoms with Gasteiger partial charge in [-0.25, -0.2) is 8.78 Å². The first-order valence-corrected chi connectivity index (χ1v) is 7.04. The van der Waals surface area contributed by atoms with Crippen LogP contribution in [-0.4, -0.2) is 24.0 Å². The second-order valence-corrected chi connectivity index (χ2v) is 5.26. The van der Waals surface area contributed by atoms with Gasteiger partial charge in [0.05, 0.1) is 0 Å². The van der Waals surface area contributed by atoms with E-state index in [-0.39, 0.29) is 5.56 Å². The lowest BCUT2D eigenvalue weighted by molar-refractivity contribution is 0.158. The molecule has 19 heavy (non-hydrogen) atoms. The van der Waals surface area contributed by atoms with Crippen molar-refractivity contribution < 1.29 is 8.78 Å². The van der Waals surface area contributed by atoms with E-state index >= 15 is 0 Å². The maximum Gasteiger partial charge on any atom is 0.130 e. The van der Waals surface area contributed by atoms with Gasteiger partial charge in [-0.05, 0) is 44.0 Å². The third-order valence-electron chi connectivity index (χ3n) is 4.22. The van der Waals surface area contributed by atoms with Gasteiger partial charge in [-0.2, -0.15) is 0 Å². The molecule has 2 nitrogen and oxygen atoms in total. The topological polar surface area (TPSA) is 29.3 Å². The molecule has 1 aromatic rings. The van der Waals surface area contributed by atoms with E-state index in [0.29, 0.717) is 25.0 Å². The number of benzene rings is 1. The molecule has 106 valence electrons. The molecule has 0 spiro atoms. The van der Waals surface area contributed by atoms with Gasteiger partial charge in [0.1, 0.15) is 11.6 Å². The van der Waals surface area contributed by atoms with Crippen molar-refractivity contribution in [1.82, 2.24) is 4.90 Å². The van der Waals surface area contributed by atoms with E-state index in [4.69, 9.17) is 5.73 Å². The lowest BCUT2D eigenvalue weighted by atomic mass is 10.0. The molecular weight excluding hydrogens is 246 g/mol. The summed E-state index contributed by atoms with van der Waals surface area (Å²) in [5, 5.41) is 0. The molecule has 2 rings (SSSR count). The number of halogens is 2. The molecule has 1 saturated carbocycles. The number of hydrogen-bond acceptors (Lipinski definition) is 2. The maximum atomic E-state index is 13.7. The Bertz CT molecular complexity index is 402. The molecule has 0 heterocycles. The maximum absolute atomic E-state index is 13.7. The zero-order chi connectivity index (χ0) is 13.8. The molecule has 0 amide bonds. The highest BCUT2D eigenvalue weighted by molar-refractivity contribution is 5.19. The van der Waals surface area contributed by atoms with Crippen LogP contribution in [0.25, 0.3) is 0 Å². The van der Waals surface area contributed by atoms with Gasteiger partial charge >= 0.3 is 0 Å². The average Bonchev–Trinajstić information content (AvgIpc) is 2.87. The fraction of sp³-hybridized carbons (Fsp3) is 0.600. The molecule has 1 aromatic carbocycles. The summed E-state index contributed by atoms with van der Waals surface area (Å²) in [5.74, 6) is -0.462. The predicted octanol–water partition coefficient (Wildman–Crippen LogP) is 2.91. The first-order chi connectivity index (χ1) is 9.17. The zero-order valence-electron chi connectivity index (χ0n) is 11.4. The minimum atomic E-state index is -0.458. The molecule has 0 aliphatic heterocycles. The lowest BCUT2D eigenvalue weighted by Crippen LogP contribution is -2.40. The summed E-state index contributed by atoms with van der Waals surface area (Å²) >= 11 is 0. The normalized spacial score (nSPS) is 23.2. The molecule has 1 fully saturated rings. The van der Waals surface area contributed by atoms with Gasteiger partial charge in [0.15, 0.2) is 0 Å². The molecular formula is C15H22F2N2. The summed E-state index contributed by atoms with van der Waals surface area (Å²) in [6, 6.07) is 4.40. The standard InChI is InChI=1S/C15H22F2N2/c1-2-19(15-8-3-5-11(15)9-18)10-12-13(16)6-4-7-14(12)17/h4,6-7,11,15H,2-3,5,8-10,18H2,1H3. The van der Waals surface area contributed by atoms with Crippen molar-refractivity contribution in [2.45, 2.75) is 38.8 Å². The third-order valence-corrected chi connectivity index (χ3v) is 4.22. The highest BCUT2D eigenvalue weighted by Crippen LogP contribution is 2.30. The van der Waals surface area contributed by atoms with Crippen molar-refractivity contribution in [3.63, 3.8) is 0 Å². The zero-order valence-corrected chi connectivity index (χ0v) is 11.4. The van der Waals surface area contributed by atoms with Gasteiger partial charge in [0, 0.05) is 18.2 Å². The second-order valence-electron chi connectivity index (χ2n) is 5.26. The van der Waals surface area contributed by atoms with Gasteiger partial charge in [-0.1, -0.05) is 19.4 Å². The molecule has 2 N–H and O–H groups in total. The molecule has 4 heteroatoms. The monoisotopic (exact) mass is 268 g/mol. The minimum Gasteiger partial charge on any atom is -0.330 e. The summed E-state index contributed by atoms with van der Waals surface area (Å²) < 4.78 is 27.4. The number of hydrogen-bond donors (Lipinski definition) is 1. The molecule has 0 aromatic heterocycles. The third kappa shape index (κ3) is 3.12. The summed E-state index contributed by atoms with van der Waals surface area (Å²) in [7, 11) is 0. The Labute approximate surface area is 113 Å². The summed E-state index contributed by atoms with van der Waals surface area (Å²) in [4.78, 5) is 2.16. The lowest BCUT2D eigenvalue weighted by Gasteiger charge is -2.32. The van der Waals surface area contributed by atoms with Crippen LogP contribution in [-0.2, 0) is 6.54 Å². The quantitative estimate of drug-likeness (QED) is 0.889. The van der Waals surface area contributed by atoms with Crippen molar-refractivity contribution in [2.75, 3.05) is 13.1 Å². The SMILES string of the molecule is CCN(Cc1c(F)cccc1F)C1CCCC1CN. The highest BCUT2D eigenvalue weighted by atomic mass is 19.1. The van der Waals surface area contributed by atoms with Crippen LogP contribution in [0.4, 0.5) is 8.78 Å². The Morgan fingerprint density at radius 1 is 1.26 bits per heavy atom. The molecule has 0 saturated heterocycles. The number of nitrogens with zero attached hydrogens (tertiary/aromatic N) is 1. The molecule has 0 radical (unpaired) electrons. The van der Waals surface area contributed by atoms with Crippen LogP contribution in [0.2, 0.25) is 0 Å². The van der Waals surface area contributed by atoms with E-state index in [2.05, 4.69) is 4.90 Å². The Hall–Kier alpha value is -1.00. The van der Waals surface area contributed by atoms with Crippen molar-refractivity contribution in [1.29, 1.82) is 0 Å². The van der Waals surface area contributed by atoms with Gasteiger partial charge in [0.2, 0.25) is 0 Å². The Balaban J connectivity index is 2.15. The first-order valence-electron chi connectivity index (χ1n) is 7.04. The summed E-state index contributed by atoms with van der Waals surface area (Å²) in [6.45, 7) is 3.80. The average molecular weight is 268 g/mol. The fourth-order valence-corrected chi connectivity index (χ4v) is 3.12. The first kappa shape index (κ1) is 14.4. The summed E-state index contributed by atoms with van der Waals surface area (Å²) in [5.41, 5.74) is 5.97. The second kappa shape index (κ2) is 6.44. The smallest absolute Gasteiger partial charge is 0.130 e. The van der Waals surface area contributed by atoms with Gasteiger partial charge in [0.25, 0.3) is 0 Å². The van der Waals surface area contributed by atoms with Crippen molar-refractivity contribution in [3.8, 4) is 0 Å². The van der Waals surface area contributed by atoms with Crippen molar-refractivity contribution >= 4 is 0 Å². The van der Waals surface area contributed by atoms with Crippen molar-refractivity contribution in [3.05, 3.63) is 35.4 Å². The Morgan fingerprint density at radius 3 is 2.53 bits per heavy atom. The highest BCUT2D eigenvalue weighted by Gasteiger charge is 2.31. The van der Waals surface area contributed by atoms with E-state index in [1.54, 1.807) is 0 Å². The minimum absolute atomic E-state index is 0.173. The number of nitrogens with two attached hydrogens (primary N) is 1. The molecule has 2 unspecified atom stereocenters. The predicted molar refractivity (Wildman–Crippen MR) is 72.6 cm³/mol. The van der Waals surface area contributed by atoms with E-state index in [1.165, 1.54) is 18.2 Å². The van der Waals surface area contributed by atoms with Crippen LogP contribution in [0.1, 0.15) is 31.7 Å². The Morgan fingerprint density at radius 2 is 1.95 bits per heavy atom. The van der Waals surface area contributed by atoms with Gasteiger partial charge in [-0.3, -0.25) is 4.90 Å². The molecule has 1 aliphatic carbocycles. The van der Waals surface area contributed by atoms with Crippen LogP contribution >= 0.6 is 0 Å².